The van der Waals surface area contributed by atoms with Crippen molar-refractivity contribution < 1.29 is 22.0 Å². The van der Waals surface area contributed by atoms with Crippen molar-refractivity contribution in [3.8, 4) is 0 Å². The molecule has 1 atom stereocenters. The molecular weight excluding hydrogens is 352 g/mol. The molecule has 0 saturated carbocycles. The van der Waals surface area contributed by atoms with Gasteiger partial charge in [0.05, 0.1) is 0 Å². The molecule has 10 heteroatoms. The van der Waals surface area contributed by atoms with Crippen LogP contribution < -0.4 is 10.6 Å². The standard InChI is InChI=1S/C13H23F2N3O3S.ClH/c14-13(15)22(20,21)18-6-3-10(4-7-18)9-17-12(19)8-11-2-1-5-16-11;/h10-11,13,16H,1-9H2,(H,17,19);1H. The Kier molecular flexibility index (Phi) is 8.12. The van der Waals surface area contributed by atoms with E-state index >= 15 is 0 Å². The van der Waals surface area contributed by atoms with Crippen LogP contribution in [0.1, 0.15) is 32.1 Å². The van der Waals surface area contributed by atoms with E-state index in [2.05, 4.69) is 10.6 Å². The van der Waals surface area contributed by atoms with Crippen LogP contribution in [0, 0.1) is 5.92 Å². The third-order valence-electron chi connectivity index (χ3n) is 4.34. The van der Waals surface area contributed by atoms with Gasteiger partial charge in [0, 0.05) is 32.1 Å². The van der Waals surface area contributed by atoms with E-state index in [0.717, 1.165) is 23.7 Å². The average molecular weight is 376 g/mol. The van der Waals surface area contributed by atoms with E-state index in [1.54, 1.807) is 0 Å². The second-order valence-corrected chi connectivity index (χ2v) is 7.85. The highest BCUT2D eigenvalue weighted by atomic mass is 35.5. The number of alkyl halides is 2. The number of nitrogens with zero attached hydrogens (tertiary/aromatic N) is 1. The summed E-state index contributed by atoms with van der Waals surface area (Å²) in [5.41, 5.74) is 0. The minimum absolute atomic E-state index is 0. The summed E-state index contributed by atoms with van der Waals surface area (Å²) in [5.74, 6) is -3.23. The second kappa shape index (κ2) is 9.10. The number of carbonyl (C=O) groups excluding carboxylic acids is 1. The lowest BCUT2D eigenvalue weighted by atomic mass is 9.98. The first-order valence-electron chi connectivity index (χ1n) is 7.67. The Bertz CT molecular complexity index is 479. The summed E-state index contributed by atoms with van der Waals surface area (Å²) in [5, 5.41) is 6.11. The van der Waals surface area contributed by atoms with Gasteiger partial charge in [-0.15, -0.1) is 12.4 Å². The number of hydrogen-bond acceptors (Lipinski definition) is 4. The molecule has 0 spiro atoms. The Morgan fingerprint density at radius 3 is 2.43 bits per heavy atom. The lowest BCUT2D eigenvalue weighted by molar-refractivity contribution is -0.121. The molecule has 2 N–H and O–H groups in total. The quantitative estimate of drug-likeness (QED) is 0.724. The summed E-state index contributed by atoms with van der Waals surface area (Å²) in [4.78, 5) is 11.8. The third kappa shape index (κ3) is 5.81. The maximum Gasteiger partial charge on any atom is 0.350 e. The van der Waals surface area contributed by atoms with Crippen LogP contribution in [0.3, 0.4) is 0 Å². The molecule has 0 aromatic rings. The average Bonchev–Trinajstić information content (AvgIpc) is 2.98. The molecule has 136 valence electrons. The van der Waals surface area contributed by atoms with Gasteiger partial charge in [-0.3, -0.25) is 4.79 Å². The highest BCUT2D eigenvalue weighted by Gasteiger charge is 2.34. The summed E-state index contributed by atoms with van der Waals surface area (Å²) in [6.07, 6.45) is 3.55. The van der Waals surface area contributed by atoms with Crippen molar-refractivity contribution in [3.05, 3.63) is 0 Å². The normalized spacial score (nSPS) is 23.7. The van der Waals surface area contributed by atoms with Gasteiger partial charge in [0.2, 0.25) is 5.91 Å². The summed E-state index contributed by atoms with van der Waals surface area (Å²) in [7, 11) is -4.47. The Morgan fingerprint density at radius 1 is 1.26 bits per heavy atom. The van der Waals surface area contributed by atoms with E-state index in [1.165, 1.54) is 0 Å². The van der Waals surface area contributed by atoms with Crippen molar-refractivity contribution in [1.82, 2.24) is 14.9 Å². The Labute approximate surface area is 141 Å². The molecule has 2 rings (SSSR count). The SMILES string of the molecule is Cl.O=C(CC1CCCN1)NCC1CCN(S(=O)(=O)C(F)F)CC1. The van der Waals surface area contributed by atoms with E-state index in [4.69, 9.17) is 0 Å². The molecule has 2 aliphatic heterocycles. The van der Waals surface area contributed by atoms with Crippen molar-refractivity contribution in [1.29, 1.82) is 0 Å². The summed E-state index contributed by atoms with van der Waals surface area (Å²) in [6, 6.07) is 0.248. The molecule has 2 heterocycles. The molecule has 0 radical (unpaired) electrons. The van der Waals surface area contributed by atoms with Crippen molar-refractivity contribution in [2.75, 3.05) is 26.2 Å². The first kappa shape index (κ1) is 20.5. The van der Waals surface area contributed by atoms with E-state index in [1.807, 2.05) is 0 Å². The highest BCUT2D eigenvalue weighted by Crippen LogP contribution is 2.22. The van der Waals surface area contributed by atoms with E-state index in [0.29, 0.717) is 25.8 Å². The predicted octanol–water partition coefficient (Wildman–Crippen LogP) is 0.931. The van der Waals surface area contributed by atoms with Gasteiger partial charge in [0.15, 0.2) is 0 Å². The van der Waals surface area contributed by atoms with Crippen LogP contribution in [0.4, 0.5) is 8.78 Å². The second-order valence-electron chi connectivity index (χ2n) is 5.95. The van der Waals surface area contributed by atoms with Crippen LogP contribution in [0.2, 0.25) is 0 Å². The molecule has 1 unspecified atom stereocenters. The van der Waals surface area contributed by atoms with Crippen LogP contribution in [-0.4, -0.2) is 56.6 Å². The monoisotopic (exact) mass is 375 g/mol. The zero-order chi connectivity index (χ0) is 16.2. The Balaban J connectivity index is 0.00000264. The maximum absolute atomic E-state index is 12.4. The fourth-order valence-corrected chi connectivity index (χ4v) is 3.91. The van der Waals surface area contributed by atoms with Gasteiger partial charge in [-0.1, -0.05) is 0 Å². The van der Waals surface area contributed by atoms with Gasteiger partial charge in [0.25, 0.3) is 10.0 Å². The lowest BCUT2D eigenvalue weighted by Crippen LogP contribution is -2.43. The zero-order valence-electron chi connectivity index (χ0n) is 12.8. The number of amides is 1. The van der Waals surface area contributed by atoms with Gasteiger partial charge in [-0.05, 0) is 38.1 Å². The number of sulfonamides is 1. The molecule has 2 fully saturated rings. The summed E-state index contributed by atoms with van der Waals surface area (Å²) < 4.78 is 48.4. The molecule has 0 bridgehead atoms. The maximum atomic E-state index is 12.4. The smallest absolute Gasteiger partial charge is 0.350 e. The van der Waals surface area contributed by atoms with Crippen molar-refractivity contribution in [2.24, 2.45) is 5.92 Å². The number of piperidine rings is 1. The lowest BCUT2D eigenvalue weighted by Gasteiger charge is -2.30. The van der Waals surface area contributed by atoms with Gasteiger partial charge in [0.1, 0.15) is 0 Å². The van der Waals surface area contributed by atoms with Crippen LogP contribution in [0.25, 0.3) is 0 Å². The third-order valence-corrected chi connectivity index (χ3v) is 5.88. The highest BCUT2D eigenvalue weighted by molar-refractivity contribution is 7.89. The number of carbonyl (C=O) groups is 1. The number of halogens is 3. The molecule has 0 aliphatic carbocycles. The van der Waals surface area contributed by atoms with Crippen molar-refractivity contribution in [2.45, 2.75) is 43.9 Å². The fourth-order valence-electron chi connectivity index (χ4n) is 2.97. The van der Waals surface area contributed by atoms with Crippen LogP contribution in [0.15, 0.2) is 0 Å². The van der Waals surface area contributed by atoms with Gasteiger partial charge in [-0.25, -0.2) is 8.42 Å². The minimum Gasteiger partial charge on any atom is -0.356 e. The minimum atomic E-state index is -4.47. The Hall–Kier alpha value is -0.510. The predicted molar refractivity (Wildman–Crippen MR) is 85.1 cm³/mol. The first-order chi connectivity index (χ1) is 10.4. The number of rotatable bonds is 6. The molecule has 0 aromatic heterocycles. The van der Waals surface area contributed by atoms with Crippen molar-refractivity contribution in [3.63, 3.8) is 0 Å². The zero-order valence-corrected chi connectivity index (χ0v) is 14.5. The van der Waals surface area contributed by atoms with E-state index in [-0.39, 0.29) is 43.4 Å². The van der Waals surface area contributed by atoms with Gasteiger partial charge < -0.3 is 10.6 Å². The first-order valence-corrected chi connectivity index (χ1v) is 9.17. The molecule has 6 nitrogen and oxygen atoms in total. The topological polar surface area (TPSA) is 78.5 Å². The fraction of sp³-hybridized carbons (Fsp3) is 0.923. The Morgan fingerprint density at radius 2 is 1.91 bits per heavy atom. The molecule has 23 heavy (non-hydrogen) atoms. The number of hydrogen-bond donors (Lipinski definition) is 2. The van der Waals surface area contributed by atoms with Crippen LogP contribution in [-0.2, 0) is 14.8 Å². The van der Waals surface area contributed by atoms with Crippen LogP contribution >= 0.6 is 12.4 Å². The summed E-state index contributed by atoms with van der Waals surface area (Å²) >= 11 is 0. The van der Waals surface area contributed by atoms with Gasteiger partial charge in [-0.2, -0.15) is 13.1 Å². The molecule has 1 amide bonds. The molecule has 2 aliphatic rings. The van der Waals surface area contributed by atoms with Gasteiger partial charge >= 0.3 is 5.76 Å². The molecular formula is C13H24ClF2N3O3S. The van der Waals surface area contributed by atoms with Crippen molar-refractivity contribution >= 4 is 28.3 Å². The number of nitrogens with one attached hydrogen (secondary N) is 2. The molecule has 0 aromatic carbocycles. The van der Waals surface area contributed by atoms with E-state index in [9.17, 15) is 22.0 Å². The largest absolute Gasteiger partial charge is 0.356 e. The van der Waals surface area contributed by atoms with Crippen LogP contribution in [0.5, 0.6) is 0 Å². The summed E-state index contributed by atoms with van der Waals surface area (Å²) in [6.45, 7) is 1.62. The molecule has 2 saturated heterocycles. The van der Waals surface area contributed by atoms with E-state index < -0.39 is 15.8 Å².